The van der Waals surface area contributed by atoms with Gasteiger partial charge in [-0.1, -0.05) is 20.3 Å². The van der Waals surface area contributed by atoms with E-state index in [1.54, 1.807) is 0 Å². The molecule has 92 valence electrons. The topological polar surface area (TPSA) is 46.3 Å². The van der Waals surface area contributed by atoms with Gasteiger partial charge in [0.15, 0.2) is 0 Å². The highest BCUT2D eigenvalue weighted by atomic mass is 16.2. The van der Waals surface area contributed by atoms with Crippen molar-refractivity contribution in [3.63, 3.8) is 0 Å². The molecule has 3 nitrogen and oxygen atoms in total. The molecule has 0 aromatic carbocycles. The molecule has 1 aliphatic carbocycles. The van der Waals surface area contributed by atoms with Crippen LogP contribution in [0.1, 0.15) is 46.0 Å². The highest BCUT2D eigenvalue weighted by molar-refractivity contribution is 5.79. The lowest BCUT2D eigenvalue weighted by molar-refractivity contribution is -0.136. The number of carbonyl (C=O) groups is 1. The summed E-state index contributed by atoms with van der Waals surface area (Å²) in [6.07, 6.45) is 5.29. The van der Waals surface area contributed by atoms with E-state index in [-0.39, 0.29) is 12.0 Å². The van der Waals surface area contributed by atoms with Gasteiger partial charge in [0.05, 0.1) is 0 Å². The lowest BCUT2D eigenvalue weighted by Gasteiger charge is -2.30. The molecular formula is C13H24N2O. The van der Waals surface area contributed by atoms with Gasteiger partial charge in [0.2, 0.25) is 5.91 Å². The minimum Gasteiger partial charge on any atom is -0.342 e. The predicted molar refractivity (Wildman–Crippen MR) is 64.9 cm³/mol. The van der Waals surface area contributed by atoms with E-state index >= 15 is 0 Å². The molecule has 0 aromatic rings. The van der Waals surface area contributed by atoms with E-state index in [4.69, 9.17) is 5.73 Å². The molecule has 0 bridgehead atoms. The largest absolute Gasteiger partial charge is 0.342 e. The van der Waals surface area contributed by atoms with Gasteiger partial charge in [0, 0.05) is 25.0 Å². The van der Waals surface area contributed by atoms with Crippen molar-refractivity contribution >= 4 is 5.91 Å². The molecule has 1 saturated heterocycles. The summed E-state index contributed by atoms with van der Waals surface area (Å²) in [7, 11) is 0. The SMILES string of the molecule is CC1(C)CCN(C(=O)C2CCCC(N)C2)C1. The third kappa shape index (κ3) is 2.57. The molecule has 0 radical (unpaired) electrons. The van der Waals surface area contributed by atoms with Gasteiger partial charge in [-0.05, 0) is 31.1 Å². The maximum atomic E-state index is 12.3. The van der Waals surface area contributed by atoms with Crippen molar-refractivity contribution in [2.24, 2.45) is 17.1 Å². The minimum absolute atomic E-state index is 0.206. The lowest BCUT2D eigenvalue weighted by Crippen LogP contribution is -2.40. The van der Waals surface area contributed by atoms with Gasteiger partial charge >= 0.3 is 0 Å². The molecule has 2 rings (SSSR count). The van der Waals surface area contributed by atoms with E-state index in [0.29, 0.717) is 11.3 Å². The van der Waals surface area contributed by atoms with Crippen molar-refractivity contribution in [1.82, 2.24) is 4.90 Å². The Kier molecular flexibility index (Phi) is 3.24. The summed E-state index contributed by atoms with van der Waals surface area (Å²) in [4.78, 5) is 14.4. The van der Waals surface area contributed by atoms with Gasteiger partial charge in [-0.2, -0.15) is 0 Å². The first-order valence-electron chi connectivity index (χ1n) is 6.52. The molecule has 2 atom stereocenters. The Balaban J connectivity index is 1.92. The Labute approximate surface area is 98.4 Å². The van der Waals surface area contributed by atoms with Crippen molar-refractivity contribution in [2.75, 3.05) is 13.1 Å². The molecular weight excluding hydrogens is 200 g/mol. The Morgan fingerprint density at radius 1 is 1.38 bits per heavy atom. The Hall–Kier alpha value is -0.570. The number of amides is 1. The van der Waals surface area contributed by atoms with Crippen LogP contribution in [-0.2, 0) is 4.79 Å². The third-order valence-electron chi connectivity index (χ3n) is 4.05. The van der Waals surface area contributed by atoms with Gasteiger partial charge in [-0.25, -0.2) is 0 Å². The number of hydrogen-bond donors (Lipinski definition) is 1. The van der Waals surface area contributed by atoms with Crippen molar-refractivity contribution in [1.29, 1.82) is 0 Å². The van der Waals surface area contributed by atoms with Gasteiger partial charge in [0.1, 0.15) is 0 Å². The summed E-state index contributed by atoms with van der Waals surface area (Å²) < 4.78 is 0. The van der Waals surface area contributed by atoms with Crippen LogP contribution in [0.4, 0.5) is 0 Å². The van der Waals surface area contributed by atoms with Gasteiger partial charge in [-0.3, -0.25) is 4.79 Å². The van der Waals surface area contributed by atoms with Crippen molar-refractivity contribution in [3.05, 3.63) is 0 Å². The number of carbonyl (C=O) groups excluding carboxylic acids is 1. The molecule has 0 aromatic heterocycles. The van der Waals surface area contributed by atoms with Gasteiger partial charge < -0.3 is 10.6 Å². The maximum Gasteiger partial charge on any atom is 0.225 e. The first-order valence-corrected chi connectivity index (χ1v) is 6.52. The Morgan fingerprint density at radius 2 is 2.12 bits per heavy atom. The van der Waals surface area contributed by atoms with Crippen LogP contribution in [0.15, 0.2) is 0 Å². The number of hydrogen-bond acceptors (Lipinski definition) is 2. The van der Waals surface area contributed by atoms with E-state index in [0.717, 1.165) is 45.2 Å². The number of nitrogens with zero attached hydrogens (tertiary/aromatic N) is 1. The van der Waals surface area contributed by atoms with Crippen LogP contribution in [0.25, 0.3) is 0 Å². The molecule has 1 aliphatic heterocycles. The zero-order valence-electron chi connectivity index (χ0n) is 10.5. The van der Waals surface area contributed by atoms with E-state index in [1.165, 1.54) is 0 Å². The quantitative estimate of drug-likeness (QED) is 0.737. The van der Waals surface area contributed by atoms with Crippen molar-refractivity contribution < 1.29 is 4.79 Å². The van der Waals surface area contributed by atoms with Crippen LogP contribution in [0.3, 0.4) is 0 Å². The Bertz CT molecular complexity index is 271. The summed E-state index contributed by atoms with van der Waals surface area (Å²) in [5, 5.41) is 0. The van der Waals surface area contributed by atoms with E-state index in [9.17, 15) is 4.79 Å². The summed E-state index contributed by atoms with van der Waals surface area (Å²) in [6.45, 7) is 6.36. The molecule has 2 aliphatic rings. The monoisotopic (exact) mass is 224 g/mol. The van der Waals surface area contributed by atoms with Crippen LogP contribution in [-0.4, -0.2) is 29.9 Å². The first-order chi connectivity index (χ1) is 7.48. The summed E-state index contributed by atoms with van der Waals surface area (Å²) in [5.41, 5.74) is 6.26. The standard InChI is InChI=1S/C13H24N2O/c1-13(2)6-7-15(9-13)12(16)10-4-3-5-11(14)8-10/h10-11H,3-9,14H2,1-2H3. The zero-order chi connectivity index (χ0) is 11.8. The molecule has 2 N–H and O–H groups in total. The van der Waals surface area contributed by atoms with Crippen LogP contribution in [0, 0.1) is 11.3 Å². The van der Waals surface area contributed by atoms with Crippen molar-refractivity contribution in [2.45, 2.75) is 52.0 Å². The summed E-state index contributed by atoms with van der Waals surface area (Å²) in [6, 6.07) is 0.248. The van der Waals surface area contributed by atoms with Crippen LogP contribution in [0.2, 0.25) is 0 Å². The molecule has 2 fully saturated rings. The van der Waals surface area contributed by atoms with E-state index in [2.05, 4.69) is 18.7 Å². The predicted octanol–water partition coefficient (Wildman–Crippen LogP) is 1.76. The molecule has 1 saturated carbocycles. The second-order valence-corrected chi connectivity index (χ2v) is 6.30. The molecule has 2 unspecified atom stereocenters. The first kappa shape index (κ1) is 11.9. The minimum atomic E-state index is 0.206. The third-order valence-corrected chi connectivity index (χ3v) is 4.05. The highest BCUT2D eigenvalue weighted by Crippen LogP contribution is 2.32. The highest BCUT2D eigenvalue weighted by Gasteiger charge is 2.36. The Morgan fingerprint density at radius 3 is 2.69 bits per heavy atom. The maximum absolute atomic E-state index is 12.3. The van der Waals surface area contributed by atoms with Gasteiger partial charge in [-0.15, -0.1) is 0 Å². The van der Waals surface area contributed by atoms with Crippen LogP contribution >= 0.6 is 0 Å². The fraction of sp³-hybridized carbons (Fsp3) is 0.923. The molecule has 16 heavy (non-hydrogen) atoms. The second kappa shape index (κ2) is 4.36. The van der Waals surface area contributed by atoms with Crippen LogP contribution < -0.4 is 5.73 Å². The number of rotatable bonds is 1. The molecule has 0 spiro atoms. The summed E-state index contributed by atoms with van der Waals surface area (Å²) >= 11 is 0. The number of nitrogens with two attached hydrogens (primary N) is 1. The average molecular weight is 224 g/mol. The normalized spacial score (nSPS) is 34.1. The number of likely N-dealkylation sites (tertiary alicyclic amines) is 1. The van der Waals surface area contributed by atoms with E-state index < -0.39 is 0 Å². The fourth-order valence-electron chi connectivity index (χ4n) is 3.01. The second-order valence-electron chi connectivity index (χ2n) is 6.30. The lowest BCUT2D eigenvalue weighted by atomic mass is 9.85. The molecule has 1 heterocycles. The van der Waals surface area contributed by atoms with E-state index in [1.807, 2.05) is 0 Å². The summed E-state index contributed by atoms with van der Waals surface area (Å²) in [5.74, 6) is 0.568. The molecule has 3 heteroatoms. The average Bonchev–Trinajstić information content (AvgIpc) is 2.58. The fourth-order valence-corrected chi connectivity index (χ4v) is 3.01. The zero-order valence-corrected chi connectivity index (χ0v) is 10.5. The molecule has 1 amide bonds. The smallest absolute Gasteiger partial charge is 0.225 e. The van der Waals surface area contributed by atoms with Crippen LogP contribution in [0.5, 0.6) is 0 Å². The van der Waals surface area contributed by atoms with Crippen molar-refractivity contribution in [3.8, 4) is 0 Å². The van der Waals surface area contributed by atoms with Gasteiger partial charge in [0.25, 0.3) is 0 Å².